The van der Waals surface area contributed by atoms with Crippen LogP contribution >= 0.6 is 0 Å². The highest BCUT2D eigenvalue weighted by Gasteiger charge is 2.50. The standard InChI is InChI=1S/C13H16BNO5/c16-13(17)15-7-6-11(12(15)14-18-8-9-19-14)20-10-4-2-1-3-5-10/h1-5,11-12H,6-9H2,(H,16,17). The zero-order valence-corrected chi connectivity index (χ0v) is 11.0. The Balaban J connectivity index is 1.76. The van der Waals surface area contributed by atoms with E-state index < -0.39 is 19.2 Å². The van der Waals surface area contributed by atoms with Crippen molar-refractivity contribution in [2.24, 2.45) is 0 Å². The van der Waals surface area contributed by atoms with Gasteiger partial charge in [-0.05, 0) is 12.1 Å². The van der Waals surface area contributed by atoms with E-state index in [1.54, 1.807) is 0 Å². The molecule has 2 unspecified atom stereocenters. The molecule has 3 rings (SSSR count). The topological polar surface area (TPSA) is 68.2 Å². The van der Waals surface area contributed by atoms with Crippen LogP contribution in [0.5, 0.6) is 5.75 Å². The second-order valence-electron chi connectivity index (χ2n) is 4.83. The maximum atomic E-state index is 11.3. The van der Waals surface area contributed by atoms with Crippen molar-refractivity contribution >= 4 is 13.2 Å². The summed E-state index contributed by atoms with van der Waals surface area (Å²) in [5.74, 6) is 0.308. The molecule has 106 valence electrons. The van der Waals surface area contributed by atoms with Crippen LogP contribution in [0.4, 0.5) is 4.79 Å². The van der Waals surface area contributed by atoms with E-state index in [0.717, 1.165) is 5.75 Å². The lowest BCUT2D eigenvalue weighted by Gasteiger charge is -2.27. The largest absolute Gasteiger partial charge is 0.489 e. The number of rotatable bonds is 3. The van der Waals surface area contributed by atoms with Gasteiger partial charge in [-0.1, -0.05) is 18.2 Å². The van der Waals surface area contributed by atoms with Crippen LogP contribution in [0.25, 0.3) is 0 Å². The molecule has 0 saturated carbocycles. The Kier molecular flexibility index (Phi) is 3.80. The van der Waals surface area contributed by atoms with Crippen LogP contribution in [0.1, 0.15) is 6.42 Å². The van der Waals surface area contributed by atoms with Crippen molar-refractivity contribution in [1.82, 2.24) is 4.90 Å². The Labute approximate surface area is 117 Å². The van der Waals surface area contributed by atoms with E-state index in [1.165, 1.54) is 4.90 Å². The molecule has 2 fully saturated rings. The van der Waals surface area contributed by atoms with E-state index in [-0.39, 0.29) is 6.10 Å². The maximum absolute atomic E-state index is 11.3. The molecule has 1 aromatic carbocycles. The van der Waals surface area contributed by atoms with Gasteiger partial charge in [-0.2, -0.15) is 0 Å². The number of carbonyl (C=O) groups is 1. The van der Waals surface area contributed by atoms with Gasteiger partial charge in [-0.25, -0.2) is 4.79 Å². The Morgan fingerprint density at radius 2 is 2.00 bits per heavy atom. The van der Waals surface area contributed by atoms with Gasteiger partial charge in [0.15, 0.2) is 0 Å². The van der Waals surface area contributed by atoms with Crippen LogP contribution in [0.2, 0.25) is 0 Å². The lowest BCUT2D eigenvalue weighted by molar-refractivity contribution is 0.122. The van der Waals surface area contributed by atoms with Gasteiger partial charge in [-0.15, -0.1) is 0 Å². The highest BCUT2D eigenvalue weighted by atomic mass is 16.6. The molecule has 7 heteroatoms. The van der Waals surface area contributed by atoms with E-state index >= 15 is 0 Å². The lowest BCUT2D eigenvalue weighted by Crippen LogP contribution is -2.51. The van der Waals surface area contributed by atoms with Gasteiger partial charge in [0.25, 0.3) is 0 Å². The fourth-order valence-electron chi connectivity index (χ4n) is 2.71. The molecule has 1 N–H and O–H groups in total. The molecule has 2 aliphatic heterocycles. The second kappa shape index (κ2) is 5.72. The zero-order chi connectivity index (χ0) is 13.9. The Morgan fingerprint density at radius 1 is 1.30 bits per heavy atom. The molecule has 2 saturated heterocycles. The number of nitrogens with zero attached hydrogens (tertiary/aromatic N) is 1. The molecule has 2 atom stereocenters. The molecule has 1 amide bonds. The van der Waals surface area contributed by atoms with Gasteiger partial charge in [-0.3, -0.25) is 0 Å². The van der Waals surface area contributed by atoms with E-state index in [0.29, 0.717) is 26.2 Å². The first kappa shape index (κ1) is 13.3. The fraction of sp³-hybridized carbons (Fsp3) is 0.462. The highest BCUT2D eigenvalue weighted by Crippen LogP contribution is 2.27. The summed E-state index contributed by atoms with van der Waals surface area (Å²) in [7, 11) is -0.540. The number of hydrogen-bond acceptors (Lipinski definition) is 4. The number of carboxylic acid groups (broad SMARTS) is 1. The van der Waals surface area contributed by atoms with Gasteiger partial charge >= 0.3 is 13.2 Å². The monoisotopic (exact) mass is 277 g/mol. The second-order valence-corrected chi connectivity index (χ2v) is 4.83. The zero-order valence-electron chi connectivity index (χ0n) is 11.0. The first-order chi connectivity index (χ1) is 9.75. The third-order valence-electron chi connectivity index (χ3n) is 3.60. The minimum atomic E-state index is -0.965. The summed E-state index contributed by atoms with van der Waals surface area (Å²) < 4.78 is 16.9. The van der Waals surface area contributed by atoms with Crippen LogP contribution in [-0.2, 0) is 9.31 Å². The van der Waals surface area contributed by atoms with Gasteiger partial charge < -0.3 is 24.1 Å². The van der Waals surface area contributed by atoms with E-state index in [9.17, 15) is 9.90 Å². The normalized spacial score (nSPS) is 26.0. The molecule has 2 aliphatic rings. The number of hydrogen-bond donors (Lipinski definition) is 1. The molecule has 0 spiro atoms. The van der Waals surface area contributed by atoms with Crippen LogP contribution in [0.3, 0.4) is 0 Å². The first-order valence-corrected chi connectivity index (χ1v) is 6.70. The smallest absolute Gasteiger partial charge is 0.485 e. The summed E-state index contributed by atoms with van der Waals surface area (Å²) in [5, 5.41) is 9.29. The van der Waals surface area contributed by atoms with Gasteiger partial charge in [0.1, 0.15) is 17.8 Å². The summed E-state index contributed by atoms with van der Waals surface area (Å²) in [6, 6.07) is 9.40. The molecule has 20 heavy (non-hydrogen) atoms. The minimum absolute atomic E-state index is 0.253. The van der Waals surface area contributed by atoms with Crippen molar-refractivity contribution in [2.75, 3.05) is 19.8 Å². The van der Waals surface area contributed by atoms with E-state index in [4.69, 9.17) is 14.0 Å². The lowest BCUT2D eigenvalue weighted by atomic mass is 9.75. The Hall–Kier alpha value is -1.73. The highest BCUT2D eigenvalue weighted by molar-refractivity contribution is 6.47. The average molecular weight is 277 g/mol. The van der Waals surface area contributed by atoms with Crippen LogP contribution in [0.15, 0.2) is 30.3 Å². The van der Waals surface area contributed by atoms with Gasteiger partial charge in [0, 0.05) is 13.0 Å². The minimum Gasteiger partial charge on any atom is -0.489 e. The first-order valence-electron chi connectivity index (χ1n) is 6.70. The van der Waals surface area contributed by atoms with E-state index in [1.807, 2.05) is 30.3 Å². The SMILES string of the molecule is O=C(O)N1CCC(Oc2ccccc2)C1B1OCCO1. The summed E-state index contributed by atoms with van der Waals surface area (Å²) >= 11 is 0. The molecule has 0 aromatic heterocycles. The van der Waals surface area contributed by atoms with E-state index in [2.05, 4.69) is 0 Å². The van der Waals surface area contributed by atoms with Gasteiger partial charge in [0.05, 0.1) is 13.2 Å². The number of likely N-dealkylation sites (tertiary alicyclic amines) is 1. The van der Waals surface area contributed by atoms with Crippen molar-refractivity contribution < 1.29 is 23.9 Å². The molecule has 2 heterocycles. The average Bonchev–Trinajstić information content (AvgIpc) is 3.08. The predicted octanol–water partition coefficient (Wildman–Crippen LogP) is 1.26. The quantitative estimate of drug-likeness (QED) is 0.842. The van der Waals surface area contributed by atoms with Crippen LogP contribution in [0, 0.1) is 0 Å². The van der Waals surface area contributed by atoms with Crippen LogP contribution in [-0.4, -0.2) is 55.0 Å². The number of para-hydroxylation sites is 1. The van der Waals surface area contributed by atoms with Crippen molar-refractivity contribution in [1.29, 1.82) is 0 Å². The molecule has 1 aromatic rings. The number of benzene rings is 1. The molecule has 0 radical (unpaired) electrons. The third kappa shape index (κ3) is 2.59. The molecule has 0 aliphatic carbocycles. The Bertz CT molecular complexity index is 465. The fourth-order valence-corrected chi connectivity index (χ4v) is 2.71. The molecular formula is C13H16BNO5. The molecular weight excluding hydrogens is 261 g/mol. The summed E-state index contributed by atoms with van der Waals surface area (Å²) in [6.07, 6.45) is -0.584. The third-order valence-corrected chi connectivity index (χ3v) is 3.60. The summed E-state index contributed by atoms with van der Waals surface area (Å²) in [5.41, 5.74) is 0. The molecule has 6 nitrogen and oxygen atoms in total. The Morgan fingerprint density at radius 3 is 2.65 bits per heavy atom. The van der Waals surface area contributed by atoms with Crippen LogP contribution < -0.4 is 4.74 Å². The van der Waals surface area contributed by atoms with Gasteiger partial charge in [0.2, 0.25) is 0 Å². The van der Waals surface area contributed by atoms with Crippen molar-refractivity contribution in [3.05, 3.63) is 30.3 Å². The predicted molar refractivity (Wildman–Crippen MR) is 71.7 cm³/mol. The summed E-state index contributed by atoms with van der Waals surface area (Å²) in [4.78, 5) is 12.7. The maximum Gasteiger partial charge on any atom is 0.485 e. The summed E-state index contributed by atoms with van der Waals surface area (Å²) in [6.45, 7) is 1.42. The number of ether oxygens (including phenoxy) is 1. The van der Waals surface area contributed by atoms with Crippen molar-refractivity contribution in [3.63, 3.8) is 0 Å². The van der Waals surface area contributed by atoms with Crippen molar-refractivity contribution in [3.8, 4) is 5.75 Å². The number of amides is 1. The van der Waals surface area contributed by atoms with Crippen molar-refractivity contribution in [2.45, 2.75) is 18.5 Å². The molecule has 0 bridgehead atoms.